The summed E-state index contributed by atoms with van der Waals surface area (Å²) in [4.78, 5) is 20.5. The summed E-state index contributed by atoms with van der Waals surface area (Å²) >= 11 is 1.26. The van der Waals surface area contributed by atoms with Crippen molar-refractivity contribution in [3.8, 4) is 6.07 Å². The van der Waals surface area contributed by atoms with E-state index in [0.29, 0.717) is 29.3 Å². The molecule has 0 unspecified atom stereocenters. The highest BCUT2D eigenvalue weighted by molar-refractivity contribution is 7.99. The van der Waals surface area contributed by atoms with Gasteiger partial charge in [0.05, 0.1) is 25.0 Å². The van der Waals surface area contributed by atoms with E-state index in [4.69, 9.17) is 10.00 Å². The van der Waals surface area contributed by atoms with Crippen molar-refractivity contribution in [3.05, 3.63) is 34.6 Å². The van der Waals surface area contributed by atoms with E-state index in [1.807, 2.05) is 24.3 Å². The summed E-state index contributed by atoms with van der Waals surface area (Å²) in [6.45, 7) is 0.814. The molecule has 0 radical (unpaired) electrons. The first-order chi connectivity index (χ1) is 10.8. The quantitative estimate of drug-likeness (QED) is 0.576. The number of ether oxygens (including phenoxy) is 1. The minimum Gasteiger partial charge on any atom is -0.383 e. The van der Waals surface area contributed by atoms with Gasteiger partial charge in [-0.1, -0.05) is 30.0 Å². The normalized spacial score (nSPS) is 11.1. The second-order valence-corrected chi connectivity index (χ2v) is 5.63. The van der Waals surface area contributed by atoms with E-state index in [1.54, 1.807) is 11.7 Å². The summed E-state index contributed by atoms with van der Waals surface area (Å²) < 4.78 is 6.62. The number of rotatable bonds is 5. The van der Waals surface area contributed by atoms with Gasteiger partial charge in [-0.15, -0.1) is 0 Å². The van der Waals surface area contributed by atoms with Gasteiger partial charge in [0.1, 0.15) is 11.0 Å². The second kappa shape index (κ2) is 6.22. The number of aromatic nitrogens is 3. The first kappa shape index (κ1) is 14.6. The molecule has 0 atom stereocenters. The molecule has 2 aromatic heterocycles. The molecule has 0 aliphatic heterocycles. The predicted molar refractivity (Wildman–Crippen MR) is 86.1 cm³/mol. The van der Waals surface area contributed by atoms with Crippen LogP contribution in [0.2, 0.25) is 0 Å². The summed E-state index contributed by atoms with van der Waals surface area (Å²) in [5.74, 6) is 0.243. The Bertz CT molecular complexity index is 923. The number of aromatic amines is 1. The van der Waals surface area contributed by atoms with Crippen LogP contribution < -0.4 is 5.56 Å². The lowest BCUT2D eigenvalue weighted by atomic mass is 10.2. The Morgan fingerprint density at radius 1 is 1.45 bits per heavy atom. The molecule has 7 heteroatoms. The molecule has 0 amide bonds. The molecule has 1 N–H and O–H groups in total. The van der Waals surface area contributed by atoms with Crippen LogP contribution in [0.15, 0.2) is 34.2 Å². The highest BCUT2D eigenvalue weighted by atomic mass is 32.2. The highest BCUT2D eigenvalue weighted by Crippen LogP contribution is 2.24. The fraction of sp³-hybridized carbons (Fsp3) is 0.267. The highest BCUT2D eigenvalue weighted by Gasteiger charge is 2.15. The van der Waals surface area contributed by atoms with Crippen molar-refractivity contribution in [2.24, 2.45) is 0 Å². The average Bonchev–Trinajstić information content (AvgIpc) is 2.91. The number of H-pyrrole nitrogens is 1. The van der Waals surface area contributed by atoms with Gasteiger partial charge in [0.15, 0.2) is 5.16 Å². The van der Waals surface area contributed by atoms with Crippen molar-refractivity contribution in [1.82, 2.24) is 14.5 Å². The molecule has 1 aromatic carbocycles. The van der Waals surface area contributed by atoms with Gasteiger partial charge in [0.25, 0.3) is 5.56 Å². The fourth-order valence-electron chi connectivity index (χ4n) is 2.36. The average molecular weight is 314 g/mol. The lowest BCUT2D eigenvalue weighted by molar-refractivity contribution is 0.183. The van der Waals surface area contributed by atoms with Crippen molar-refractivity contribution in [1.29, 1.82) is 5.26 Å². The molecule has 0 aliphatic rings. The number of nitriles is 1. The molecule has 6 nitrogen and oxygen atoms in total. The molecule has 0 aliphatic carbocycles. The number of thioether (sulfide) groups is 1. The summed E-state index contributed by atoms with van der Waals surface area (Å²) in [5, 5.41) is 10.2. The van der Waals surface area contributed by atoms with Crippen LogP contribution in [0.4, 0.5) is 0 Å². The third-order valence-corrected chi connectivity index (χ3v) is 4.20. The number of para-hydroxylation sites is 1. The largest absolute Gasteiger partial charge is 0.383 e. The molecular formula is C15H14N4O2S. The third kappa shape index (κ3) is 2.47. The molecule has 3 rings (SSSR count). The molecule has 3 aromatic rings. The Labute approximate surface area is 130 Å². The third-order valence-electron chi connectivity index (χ3n) is 3.36. The molecule has 0 saturated heterocycles. The number of hydrogen-bond donors (Lipinski definition) is 1. The van der Waals surface area contributed by atoms with E-state index in [9.17, 15) is 4.79 Å². The first-order valence-electron chi connectivity index (χ1n) is 6.76. The zero-order chi connectivity index (χ0) is 15.5. The Morgan fingerprint density at radius 2 is 2.27 bits per heavy atom. The van der Waals surface area contributed by atoms with Crippen LogP contribution in [0.25, 0.3) is 21.9 Å². The number of nitrogens with one attached hydrogen (secondary N) is 1. The lowest BCUT2D eigenvalue weighted by Gasteiger charge is -2.10. The molecule has 0 saturated carbocycles. The topological polar surface area (TPSA) is 83.7 Å². The number of methoxy groups -OCH3 is 1. The summed E-state index contributed by atoms with van der Waals surface area (Å²) in [7, 11) is 1.59. The maximum Gasteiger partial charge on any atom is 0.278 e. The zero-order valence-corrected chi connectivity index (χ0v) is 12.8. The SMILES string of the molecule is COCCn1c(SCC#N)nc2c([nH]c3ccccc32)c1=O. The summed E-state index contributed by atoms with van der Waals surface area (Å²) in [5.41, 5.74) is 1.87. The molecule has 2 heterocycles. The van der Waals surface area contributed by atoms with Crippen LogP contribution >= 0.6 is 11.8 Å². The van der Waals surface area contributed by atoms with Gasteiger partial charge in [0, 0.05) is 18.0 Å². The van der Waals surface area contributed by atoms with E-state index in [0.717, 1.165) is 10.9 Å². The van der Waals surface area contributed by atoms with E-state index in [-0.39, 0.29) is 11.3 Å². The molecule has 0 fully saturated rings. The summed E-state index contributed by atoms with van der Waals surface area (Å²) in [6, 6.07) is 9.73. The maximum atomic E-state index is 12.7. The van der Waals surface area contributed by atoms with Crippen LogP contribution in [-0.2, 0) is 11.3 Å². The van der Waals surface area contributed by atoms with E-state index >= 15 is 0 Å². The van der Waals surface area contributed by atoms with Gasteiger partial charge in [-0.05, 0) is 6.07 Å². The Morgan fingerprint density at radius 3 is 3.05 bits per heavy atom. The van der Waals surface area contributed by atoms with E-state index < -0.39 is 0 Å². The lowest BCUT2D eigenvalue weighted by Crippen LogP contribution is -2.25. The number of nitrogens with zero attached hydrogens (tertiary/aromatic N) is 3. The van der Waals surface area contributed by atoms with Crippen LogP contribution in [0.5, 0.6) is 0 Å². The second-order valence-electron chi connectivity index (χ2n) is 4.68. The Balaban J connectivity index is 2.26. The van der Waals surface area contributed by atoms with Gasteiger partial charge < -0.3 is 9.72 Å². The minimum atomic E-state index is -0.140. The van der Waals surface area contributed by atoms with Crippen molar-refractivity contribution in [2.75, 3.05) is 19.5 Å². The molecule has 112 valence electrons. The van der Waals surface area contributed by atoms with Crippen molar-refractivity contribution in [3.63, 3.8) is 0 Å². The summed E-state index contributed by atoms with van der Waals surface area (Å²) in [6.07, 6.45) is 0. The molecule has 22 heavy (non-hydrogen) atoms. The minimum absolute atomic E-state index is 0.140. The first-order valence-corrected chi connectivity index (χ1v) is 7.74. The molecular weight excluding hydrogens is 300 g/mol. The standard InChI is InChI=1S/C15H14N4O2S/c1-21-8-7-19-14(20)13-12(18-15(19)22-9-6-16)10-4-2-3-5-11(10)17-13/h2-5,17H,7-9H2,1H3. The number of hydrogen-bond acceptors (Lipinski definition) is 5. The van der Waals surface area contributed by atoms with Gasteiger partial charge in [-0.25, -0.2) is 4.98 Å². The Kier molecular flexibility index (Phi) is 4.13. The van der Waals surface area contributed by atoms with Gasteiger partial charge in [-0.3, -0.25) is 9.36 Å². The van der Waals surface area contributed by atoms with E-state index in [2.05, 4.69) is 16.0 Å². The van der Waals surface area contributed by atoms with Crippen LogP contribution in [0, 0.1) is 11.3 Å². The Hall–Kier alpha value is -2.30. The monoisotopic (exact) mass is 314 g/mol. The molecule has 0 bridgehead atoms. The van der Waals surface area contributed by atoms with Gasteiger partial charge >= 0.3 is 0 Å². The number of benzene rings is 1. The van der Waals surface area contributed by atoms with Gasteiger partial charge in [-0.2, -0.15) is 5.26 Å². The van der Waals surface area contributed by atoms with Crippen molar-refractivity contribution < 1.29 is 4.74 Å². The van der Waals surface area contributed by atoms with Crippen LogP contribution in [0.1, 0.15) is 0 Å². The fourth-order valence-corrected chi connectivity index (χ4v) is 3.04. The van der Waals surface area contributed by atoms with Crippen LogP contribution in [0.3, 0.4) is 0 Å². The predicted octanol–water partition coefficient (Wildman–Crippen LogP) is 2.14. The number of fused-ring (bicyclic) bond motifs is 3. The maximum absolute atomic E-state index is 12.7. The molecule has 0 spiro atoms. The van der Waals surface area contributed by atoms with E-state index in [1.165, 1.54) is 11.8 Å². The smallest absolute Gasteiger partial charge is 0.278 e. The zero-order valence-electron chi connectivity index (χ0n) is 12.0. The van der Waals surface area contributed by atoms with Crippen molar-refractivity contribution in [2.45, 2.75) is 11.7 Å². The van der Waals surface area contributed by atoms with Crippen LogP contribution in [-0.4, -0.2) is 34.0 Å². The van der Waals surface area contributed by atoms with Gasteiger partial charge in [0.2, 0.25) is 0 Å². The van der Waals surface area contributed by atoms with Crippen molar-refractivity contribution >= 4 is 33.7 Å².